The Bertz CT molecular complexity index is 1520. The first-order valence-corrected chi connectivity index (χ1v) is 16.4. The van der Waals surface area contributed by atoms with Crippen molar-refractivity contribution >= 4 is 12.1 Å². The molecule has 0 aliphatic carbocycles. The molecule has 0 bridgehead atoms. The summed E-state index contributed by atoms with van der Waals surface area (Å²) in [5.41, 5.74) is 1.55. The lowest BCUT2D eigenvalue weighted by Crippen LogP contribution is -2.34. The number of alkyl carbamates (subject to hydrolysis) is 1. The van der Waals surface area contributed by atoms with Crippen molar-refractivity contribution < 1.29 is 32.9 Å². The highest BCUT2D eigenvalue weighted by Crippen LogP contribution is 2.32. The third-order valence-electron chi connectivity index (χ3n) is 7.50. The van der Waals surface area contributed by atoms with Crippen LogP contribution in [0.2, 0.25) is 0 Å². The molecular formula is C38H49FN2O6. The molecule has 0 spiro atoms. The van der Waals surface area contributed by atoms with Crippen LogP contribution in [0.1, 0.15) is 84.0 Å². The molecule has 1 atom stereocenters. The number of hydrogen-bond donors (Lipinski definition) is 1. The lowest BCUT2D eigenvalue weighted by molar-refractivity contribution is -0.153. The first-order valence-electron chi connectivity index (χ1n) is 16.4. The van der Waals surface area contributed by atoms with Gasteiger partial charge in [0.1, 0.15) is 41.7 Å². The van der Waals surface area contributed by atoms with Gasteiger partial charge < -0.3 is 24.3 Å². The molecule has 1 aliphatic rings. The summed E-state index contributed by atoms with van der Waals surface area (Å²) in [7, 11) is 0. The van der Waals surface area contributed by atoms with E-state index < -0.39 is 29.2 Å². The molecule has 0 radical (unpaired) electrons. The van der Waals surface area contributed by atoms with E-state index in [4.69, 9.17) is 18.9 Å². The molecule has 1 amide bonds. The highest BCUT2D eigenvalue weighted by molar-refractivity contribution is 5.74. The summed E-state index contributed by atoms with van der Waals surface area (Å²) in [5, 5.41) is 2.74. The average Bonchev–Trinajstić information content (AvgIpc) is 3.48. The number of para-hydroxylation sites is 1. The van der Waals surface area contributed by atoms with Gasteiger partial charge in [0.15, 0.2) is 0 Å². The maximum atomic E-state index is 16.1. The molecule has 1 fully saturated rings. The molecule has 1 heterocycles. The van der Waals surface area contributed by atoms with Crippen molar-refractivity contribution in [2.24, 2.45) is 0 Å². The molecule has 1 saturated heterocycles. The third-order valence-corrected chi connectivity index (χ3v) is 7.50. The minimum Gasteiger partial charge on any atom is -0.492 e. The van der Waals surface area contributed by atoms with Crippen molar-refractivity contribution in [3.05, 3.63) is 83.2 Å². The summed E-state index contributed by atoms with van der Waals surface area (Å²) in [5.74, 6) is 0.386. The SMILES string of the molecule is CC(NC(=O)OC(C)(C)C)c1cccc(-c2cc(COc3ccccc3CC(=O)OC(C)(C)C)cc(OCCN3CCCC3)c2)c1F. The molecule has 0 saturated carbocycles. The van der Waals surface area contributed by atoms with Gasteiger partial charge in [0, 0.05) is 23.2 Å². The zero-order valence-electron chi connectivity index (χ0n) is 28.8. The molecular weight excluding hydrogens is 599 g/mol. The maximum absolute atomic E-state index is 16.1. The van der Waals surface area contributed by atoms with Gasteiger partial charge in [-0.1, -0.05) is 36.4 Å². The minimum atomic E-state index is -0.672. The second-order valence-corrected chi connectivity index (χ2v) is 14.0. The third kappa shape index (κ3) is 11.3. The summed E-state index contributed by atoms with van der Waals surface area (Å²) >= 11 is 0. The highest BCUT2D eigenvalue weighted by Gasteiger charge is 2.22. The summed E-state index contributed by atoms with van der Waals surface area (Å²) in [6, 6.07) is 17.5. The monoisotopic (exact) mass is 648 g/mol. The Morgan fingerprint density at radius 2 is 1.60 bits per heavy atom. The van der Waals surface area contributed by atoms with Crippen molar-refractivity contribution in [1.82, 2.24) is 10.2 Å². The highest BCUT2D eigenvalue weighted by atomic mass is 19.1. The predicted octanol–water partition coefficient (Wildman–Crippen LogP) is 8.02. The van der Waals surface area contributed by atoms with Crippen LogP contribution in [0.5, 0.6) is 11.5 Å². The first-order chi connectivity index (χ1) is 22.2. The fourth-order valence-corrected chi connectivity index (χ4v) is 5.44. The van der Waals surface area contributed by atoms with Crippen molar-refractivity contribution in [3.63, 3.8) is 0 Å². The van der Waals surface area contributed by atoms with Gasteiger partial charge in [0.05, 0.1) is 12.5 Å². The van der Waals surface area contributed by atoms with Crippen molar-refractivity contribution in [1.29, 1.82) is 0 Å². The van der Waals surface area contributed by atoms with Gasteiger partial charge in [0.25, 0.3) is 0 Å². The van der Waals surface area contributed by atoms with Gasteiger partial charge in [-0.25, -0.2) is 9.18 Å². The molecule has 3 aromatic rings. The van der Waals surface area contributed by atoms with E-state index in [2.05, 4.69) is 10.2 Å². The number of hydrogen-bond acceptors (Lipinski definition) is 7. The number of carbonyl (C=O) groups is 2. The number of carbonyl (C=O) groups excluding carboxylic acids is 2. The van der Waals surface area contributed by atoms with E-state index in [0.29, 0.717) is 40.4 Å². The Hall–Kier alpha value is -4.11. The first kappa shape index (κ1) is 35.7. The van der Waals surface area contributed by atoms with Gasteiger partial charge in [-0.2, -0.15) is 0 Å². The molecule has 1 aliphatic heterocycles. The second kappa shape index (κ2) is 15.7. The van der Waals surface area contributed by atoms with E-state index in [1.54, 1.807) is 45.9 Å². The molecule has 254 valence electrons. The predicted molar refractivity (Wildman–Crippen MR) is 181 cm³/mol. The van der Waals surface area contributed by atoms with Crippen molar-refractivity contribution in [3.8, 4) is 22.6 Å². The number of nitrogens with one attached hydrogen (secondary N) is 1. The van der Waals surface area contributed by atoms with Crippen molar-refractivity contribution in [2.75, 3.05) is 26.2 Å². The summed E-state index contributed by atoms with van der Waals surface area (Å²) < 4.78 is 39.5. The lowest BCUT2D eigenvalue weighted by atomic mass is 9.97. The number of rotatable bonds is 12. The van der Waals surface area contributed by atoms with Crippen LogP contribution in [-0.2, 0) is 27.3 Å². The van der Waals surface area contributed by atoms with E-state index in [9.17, 15) is 9.59 Å². The van der Waals surface area contributed by atoms with E-state index in [0.717, 1.165) is 25.2 Å². The van der Waals surface area contributed by atoms with Gasteiger partial charge in [-0.3, -0.25) is 9.69 Å². The molecule has 8 nitrogen and oxygen atoms in total. The lowest BCUT2D eigenvalue weighted by Gasteiger charge is -2.22. The fraction of sp³-hybridized carbons (Fsp3) is 0.474. The van der Waals surface area contributed by atoms with Gasteiger partial charge >= 0.3 is 12.1 Å². The molecule has 1 unspecified atom stereocenters. The quantitative estimate of drug-likeness (QED) is 0.199. The normalized spacial score (nSPS) is 14.4. The van der Waals surface area contributed by atoms with Crippen LogP contribution in [0, 0.1) is 5.82 Å². The number of amides is 1. The fourth-order valence-electron chi connectivity index (χ4n) is 5.44. The van der Waals surface area contributed by atoms with E-state index in [-0.39, 0.29) is 19.0 Å². The average molecular weight is 649 g/mol. The Balaban J connectivity index is 1.58. The molecule has 47 heavy (non-hydrogen) atoms. The number of halogens is 1. The van der Waals surface area contributed by atoms with Crippen molar-refractivity contribution in [2.45, 2.75) is 91.6 Å². The minimum absolute atomic E-state index is 0.0753. The molecule has 3 aromatic carbocycles. The maximum Gasteiger partial charge on any atom is 0.408 e. The van der Waals surface area contributed by atoms with Crippen LogP contribution in [-0.4, -0.2) is 54.4 Å². The number of likely N-dealkylation sites (tertiary alicyclic amines) is 1. The Morgan fingerprint density at radius 3 is 2.30 bits per heavy atom. The van der Waals surface area contributed by atoms with Crippen LogP contribution in [0.25, 0.3) is 11.1 Å². The largest absolute Gasteiger partial charge is 0.492 e. The molecule has 1 N–H and O–H groups in total. The van der Waals surface area contributed by atoms with Gasteiger partial charge in [-0.05, 0) is 110 Å². The van der Waals surface area contributed by atoms with E-state index in [1.165, 1.54) is 12.8 Å². The topological polar surface area (TPSA) is 86.3 Å². The zero-order chi connectivity index (χ0) is 34.2. The number of ether oxygens (including phenoxy) is 4. The van der Waals surface area contributed by atoms with Gasteiger partial charge in [-0.15, -0.1) is 0 Å². The molecule has 4 rings (SSSR count). The summed E-state index contributed by atoms with van der Waals surface area (Å²) in [6.07, 6.45) is 1.85. The smallest absolute Gasteiger partial charge is 0.408 e. The summed E-state index contributed by atoms with van der Waals surface area (Å²) in [6.45, 7) is 16.2. The van der Waals surface area contributed by atoms with Gasteiger partial charge in [0.2, 0.25) is 0 Å². The molecule has 9 heteroatoms. The second-order valence-electron chi connectivity index (χ2n) is 14.0. The molecule has 0 aromatic heterocycles. The van der Waals surface area contributed by atoms with Crippen LogP contribution in [0.4, 0.5) is 9.18 Å². The zero-order valence-corrected chi connectivity index (χ0v) is 28.8. The van der Waals surface area contributed by atoms with E-state index >= 15 is 4.39 Å². The Kier molecular flexibility index (Phi) is 11.9. The number of nitrogens with zero attached hydrogens (tertiary/aromatic N) is 1. The standard InChI is InChI=1S/C38H49FN2O6/c1-26(40-36(43)47-38(5,6)7)31-14-12-15-32(35(31)39)29-21-27(22-30(23-29)44-20-19-41-17-10-11-18-41)25-45-33-16-9-8-13-28(33)24-34(42)46-37(2,3)4/h8-9,12-16,21-23,26H,10-11,17-20,24-25H2,1-7H3,(H,40,43). The number of benzene rings is 3. The van der Waals surface area contributed by atoms with E-state index in [1.807, 2.05) is 63.2 Å². The Labute approximate surface area is 278 Å². The Morgan fingerprint density at radius 1 is 0.894 bits per heavy atom. The number of esters is 1. The van der Waals surface area contributed by atoms with Crippen LogP contribution in [0.3, 0.4) is 0 Å². The van der Waals surface area contributed by atoms with Crippen LogP contribution >= 0.6 is 0 Å². The van der Waals surface area contributed by atoms with Crippen LogP contribution in [0.15, 0.2) is 60.7 Å². The van der Waals surface area contributed by atoms with Crippen LogP contribution < -0.4 is 14.8 Å². The summed E-state index contributed by atoms with van der Waals surface area (Å²) in [4.78, 5) is 27.3.